The third-order valence-corrected chi connectivity index (χ3v) is 2.54. The second-order valence-electron chi connectivity index (χ2n) is 3.78. The van der Waals surface area contributed by atoms with Crippen LogP contribution in [0.5, 0.6) is 0 Å². The second kappa shape index (κ2) is 4.72. The molecule has 2 rings (SSSR count). The smallest absolute Gasteiger partial charge is 0.417 e. The van der Waals surface area contributed by atoms with E-state index in [9.17, 15) is 18.0 Å². The summed E-state index contributed by atoms with van der Waals surface area (Å²) >= 11 is 0. The number of carbonyl (C=O) groups is 1. The van der Waals surface area contributed by atoms with Crippen molar-refractivity contribution in [1.29, 1.82) is 0 Å². The number of hydrogen-bond acceptors (Lipinski definition) is 2. The van der Waals surface area contributed by atoms with E-state index < -0.39 is 23.3 Å². The van der Waals surface area contributed by atoms with Crippen molar-refractivity contribution >= 4 is 5.97 Å². The highest BCUT2D eigenvalue weighted by Crippen LogP contribution is 2.38. The SMILES string of the molecule is O=C(O)c1cncc(-c2ccccc2)c1C(F)(F)F. The topological polar surface area (TPSA) is 50.2 Å². The zero-order chi connectivity index (χ0) is 14.0. The van der Waals surface area contributed by atoms with Crippen LogP contribution in [0.15, 0.2) is 42.7 Å². The third-order valence-electron chi connectivity index (χ3n) is 2.54. The average Bonchev–Trinajstić information content (AvgIpc) is 2.38. The number of alkyl halides is 3. The van der Waals surface area contributed by atoms with Gasteiger partial charge in [-0.05, 0) is 5.56 Å². The zero-order valence-corrected chi connectivity index (χ0v) is 9.48. The van der Waals surface area contributed by atoms with Gasteiger partial charge in [0.25, 0.3) is 0 Å². The van der Waals surface area contributed by atoms with Gasteiger partial charge in [0.15, 0.2) is 0 Å². The lowest BCUT2D eigenvalue weighted by atomic mass is 9.98. The van der Waals surface area contributed by atoms with Crippen molar-refractivity contribution in [3.63, 3.8) is 0 Å². The molecular formula is C13H8F3NO2. The van der Waals surface area contributed by atoms with Gasteiger partial charge in [-0.2, -0.15) is 13.2 Å². The standard InChI is InChI=1S/C13H8F3NO2/c14-13(15,16)11-9(8-4-2-1-3-5-8)6-17-7-10(11)12(18)19/h1-7H,(H,18,19). The Morgan fingerprint density at radius 3 is 2.26 bits per heavy atom. The van der Waals surface area contributed by atoms with Crippen LogP contribution in [0.25, 0.3) is 11.1 Å². The third kappa shape index (κ3) is 2.57. The maximum absolute atomic E-state index is 13.1. The Morgan fingerprint density at radius 2 is 1.74 bits per heavy atom. The van der Waals surface area contributed by atoms with Crippen molar-refractivity contribution in [2.75, 3.05) is 0 Å². The lowest BCUT2D eigenvalue weighted by Gasteiger charge is -2.14. The van der Waals surface area contributed by atoms with Crippen LogP contribution in [-0.2, 0) is 6.18 Å². The monoisotopic (exact) mass is 267 g/mol. The summed E-state index contributed by atoms with van der Waals surface area (Å²) in [5, 5.41) is 8.86. The highest BCUT2D eigenvalue weighted by atomic mass is 19.4. The van der Waals surface area contributed by atoms with Gasteiger partial charge in [-0.1, -0.05) is 30.3 Å². The molecule has 0 aliphatic heterocycles. The van der Waals surface area contributed by atoms with Crippen LogP contribution in [0.1, 0.15) is 15.9 Å². The van der Waals surface area contributed by atoms with Crippen molar-refractivity contribution in [1.82, 2.24) is 4.98 Å². The Bertz CT molecular complexity index is 609. The molecular weight excluding hydrogens is 259 g/mol. The highest BCUT2D eigenvalue weighted by Gasteiger charge is 2.38. The van der Waals surface area contributed by atoms with Crippen molar-refractivity contribution in [3.8, 4) is 11.1 Å². The van der Waals surface area contributed by atoms with Crippen molar-refractivity contribution in [3.05, 3.63) is 53.9 Å². The van der Waals surface area contributed by atoms with E-state index in [1.165, 1.54) is 12.1 Å². The van der Waals surface area contributed by atoms with Gasteiger partial charge < -0.3 is 5.11 Å². The Kier molecular flexibility index (Phi) is 3.25. The molecule has 0 saturated heterocycles. The minimum atomic E-state index is -4.76. The van der Waals surface area contributed by atoms with Crippen LogP contribution >= 0.6 is 0 Å². The maximum Gasteiger partial charge on any atom is 0.417 e. The van der Waals surface area contributed by atoms with E-state index in [1.807, 2.05) is 0 Å². The fourth-order valence-electron chi connectivity index (χ4n) is 1.76. The van der Waals surface area contributed by atoms with E-state index >= 15 is 0 Å². The molecule has 0 spiro atoms. The van der Waals surface area contributed by atoms with Crippen LogP contribution in [0.4, 0.5) is 13.2 Å². The minimum Gasteiger partial charge on any atom is -0.478 e. The van der Waals surface area contributed by atoms with E-state index in [1.54, 1.807) is 18.2 Å². The van der Waals surface area contributed by atoms with Crippen molar-refractivity contribution < 1.29 is 23.1 Å². The Hall–Kier alpha value is -2.37. The molecule has 98 valence electrons. The quantitative estimate of drug-likeness (QED) is 0.906. The fraction of sp³-hybridized carbons (Fsp3) is 0.0769. The predicted octanol–water partition coefficient (Wildman–Crippen LogP) is 3.47. The summed E-state index contributed by atoms with van der Waals surface area (Å²) in [6.45, 7) is 0. The number of benzene rings is 1. The Morgan fingerprint density at radius 1 is 1.11 bits per heavy atom. The first kappa shape index (κ1) is 13.1. The summed E-state index contributed by atoms with van der Waals surface area (Å²) in [6, 6.07) is 7.74. The first-order valence-electron chi connectivity index (χ1n) is 5.25. The molecule has 2 aromatic rings. The number of aromatic carboxylic acids is 1. The molecule has 1 aromatic carbocycles. The fourth-order valence-corrected chi connectivity index (χ4v) is 1.76. The normalized spacial score (nSPS) is 11.3. The molecule has 1 heterocycles. The molecule has 0 atom stereocenters. The van der Waals surface area contributed by atoms with Gasteiger partial charge in [0.05, 0.1) is 11.1 Å². The van der Waals surface area contributed by atoms with Gasteiger partial charge in [0, 0.05) is 18.0 Å². The van der Waals surface area contributed by atoms with Crippen LogP contribution in [0.3, 0.4) is 0 Å². The van der Waals surface area contributed by atoms with Crippen molar-refractivity contribution in [2.45, 2.75) is 6.18 Å². The average molecular weight is 267 g/mol. The van der Waals surface area contributed by atoms with Gasteiger partial charge in [0.2, 0.25) is 0 Å². The van der Waals surface area contributed by atoms with Gasteiger partial charge in [-0.25, -0.2) is 4.79 Å². The van der Waals surface area contributed by atoms with Gasteiger partial charge in [0.1, 0.15) is 0 Å². The van der Waals surface area contributed by atoms with E-state index in [0.717, 1.165) is 6.20 Å². The van der Waals surface area contributed by atoms with Gasteiger partial charge >= 0.3 is 12.1 Å². The lowest BCUT2D eigenvalue weighted by Crippen LogP contribution is -2.15. The first-order valence-corrected chi connectivity index (χ1v) is 5.25. The molecule has 1 aromatic heterocycles. The minimum absolute atomic E-state index is 0.243. The molecule has 0 radical (unpaired) electrons. The molecule has 0 unspecified atom stereocenters. The van der Waals surface area contributed by atoms with E-state index in [2.05, 4.69) is 4.98 Å². The number of rotatable bonds is 2. The number of pyridine rings is 1. The largest absolute Gasteiger partial charge is 0.478 e. The Labute approximate surface area is 106 Å². The molecule has 19 heavy (non-hydrogen) atoms. The zero-order valence-electron chi connectivity index (χ0n) is 9.48. The molecule has 6 heteroatoms. The summed E-state index contributed by atoms with van der Waals surface area (Å²) in [6.07, 6.45) is -3.04. The molecule has 1 N–H and O–H groups in total. The number of nitrogens with zero attached hydrogens (tertiary/aromatic N) is 1. The summed E-state index contributed by atoms with van der Waals surface area (Å²) in [4.78, 5) is 14.5. The van der Waals surface area contributed by atoms with Gasteiger partial charge in [-0.3, -0.25) is 4.98 Å². The predicted molar refractivity (Wildman–Crippen MR) is 61.6 cm³/mol. The summed E-state index contributed by atoms with van der Waals surface area (Å²) < 4.78 is 39.2. The molecule has 3 nitrogen and oxygen atoms in total. The number of halogens is 3. The number of carboxylic acid groups (broad SMARTS) is 1. The lowest BCUT2D eigenvalue weighted by molar-refractivity contribution is -0.137. The number of aromatic nitrogens is 1. The van der Waals surface area contributed by atoms with E-state index in [0.29, 0.717) is 6.20 Å². The second-order valence-corrected chi connectivity index (χ2v) is 3.78. The summed E-state index contributed by atoms with van der Waals surface area (Å²) in [7, 11) is 0. The summed E-state index contributed by atoms with van der Waals surface area (Å²) in [5.41, 5.74) is -2.01. The highest BCUT2D eigenvalue weighted by molar-refractivity contribution is 5.92. The summed E-state index contributed by atoms with van der Waals surface area (Å²) in [5.74, 6) is -1.65. The number of hydrogen-bond donors (Lipinski definition) is 1. The molecule has 0 saturated carbocycles. The van der Waals surface area contributed by atoms with Crippen LogP contribution in [-0.4, -0.2) is 16.1 Å². The molecule has 0 amide bonds. The van der Waals surface area contributed by atoms with Crippen LogP contribution in [0, 0.1) is 0 Å². The molecule has 0 aliphatic carbocycles. The van der Waals surface area contributed by atoms with Crippen LogP contribution in [0.2, 0.25) is 0 Å². The van der Waals surface area contributed by atoms with E-state index in [4.69, 9.17) is 5.11 Å². The Balaban J connectivity index is 2.75. The van der Waals surface area contributed by atoms with E-state index in [-0.39, 0.29) is 11.1 Å². The molecule has 0 fully saturated rings. The van der Waals surface area contributed by atoms with Crippen LogP contribution < -0.4 is 0 Å². The van der Waals surface area contributed by atoms with Crippen molar-refractivity contribution in [2.24, 2.45) is 0 Å². The molecule has 0 aliphatic rings. The molecule has 0 bridgehead atoms. The first-order chi connectivity index (χ1) is 8.91. The maximum atomic E-state index is 13.1. The number of carboxylic acids is 1. The van der Waals surface area contributed by atoms with Gasteiger partial charge in [-0.15, -0.1) is 0 Å².